The second-order valence-corrected chi connectivity index (χ2v) is 47.4. The number of nitrogens with zero attached hydrogens (tertiary/aromatic N) is 8. The third-order valence-electron chi connectivity index (χ3n) is 29.1. The second kappa shape index (κ2) is 37.1. The van der Waals surface area contributed by atoms with Crippen molar-refractivity contribution < 1.29 is 71.3 Å². The Hall–Kier alpha value is -11.1. The number of hydrogen-bond donors (Lipinski definition) is 10. The molecular formula is C95H114N18O16S6. The summed E-state index contributed by atoms with van der Waals surface area (Å²) in [6.07, 6.45) is 45.1. The summed E-state index contributed by atoms with van der Waals surface area (Å²) in [6, 6.07) is 8.89. The van der Waals surface area contributed by atoms with Gasteiger partial charge >= 0.3 is 24.1 Å². The first kappa shape index (κ1) is 91.7. The van der Waals surface area contributed by atoms with Crippen molar-refractivity contribution in [2.24, 2.45) is 5.41 Å². The number of sulfonamides is 4. The number of rotatable bonds is 14. The zero-order chi connectivity index (χ0) is 93.5. The van der Waals surface area contributed by atoms with Crippen molar-refractivity contribution in [2.45, 2.75) is 290 Å². The van der Waals surface area contributed by atoms with Crippen molar-refractivity contribution in [2.75, 3.05) is 52.7 Å². The third kappa shape index (κ3) is 18.7. The van der Waals surface area contributed by atoms with Crippen molar-refractivity contribution in [1.82, 2.24) is 62.7 Å². The normalized spacial score (nSPS) is 18.4. The number of anilines is 5. The molecule has 4 aliphatic heterocycles. The molecule has 8 heterocycles. The van der Waals surface area contributed by atoms with E-state index in [9.17, 15) is 57.1 Å². The van der Waals surface area contributed by atoms with E-state index >= 15 is 0 Å². The molecule has 1 atom stereocenters. The fraction of sp³-hybridized carbons (Fsp3) is 0.495. The largest absolute Gasteiger partial charge is 0.477 e. The lowest BCUT2D eigenvalue weighted by Crippen LogP contribution is -2.43. The third-order valence-corrected chi connectivity index (χ3v) is 35.4. The van der Waals surface area contributed by atoms with Crippen molar-refractivity contribution in [3.63, 3.8) is 0 Å². The fourth-order valence-corrected chi connectivity index (χ4v) is 27.8. The van der Waals surface area contributed by atoms with E-state index in [1.807, 2.05) is 0 Å². The molecule has 40 heteroatoms. The van der Waals surface area contributed by atoms with Crippen LogP contribution in [-0.4, -0.2) is 138 Å². The summed E-state index contributed by atoms with van der Waals surface area (Å²) in [5.41, 5.74) is 30.5. The van der Waals surface area contributed by atoms with E-state index in [0.29, 0.717) is 51.6 Å². The van der Waals surface area contributed by atoms with E-state index in [2.05, 4.69) is 107 Å². The van der Waals surface area contributed by atoms with Crippen molar-refractivity contribution in [3.8, 4) is 17.6 Å². The molecule has 10 N–H and O–H groups in total. The summed E-state index contributed by atoms with van der Waals surface area (Å²) in [7, 11) is -18.5. The van der Waals surface area contributed by atoms with E-state index in [-0.39, 0.29) is 47.7 Å². The highest BCUT2D eigenvalue weighted by molar-refractivity contribution is 7.98. The van der Waals surface area contributed by atoms with Crippen molar-refractivity contribution >= 4 is 126 Å². The molecule has 1 unspecified atom stereocenters. The standard InChI is InChI=1S/C22H26N4O4S.C20H24N4O3S.C19H22N4O4S.C19H22N4O3S2.C15H20N2O2S/c27-21(24-19-16-6-1-4-14(16)10-15-5-2-7-17(15)19)25-31(28,29)18-11-23-26-12-22(8-3-9-22)13-30-20(18)26;25-20(23-28(26,27)18-12-21-24-10-2-1-9-17(18)24)22-19-15-7-3-5-13(15)11-14-6-4-8-16(14)19;24-19(22-28(25,26)16-11-20-23-8-3-9-27-18(16)23)21-17-14-6-1-4-12(14)10-13-5-2-7-15(13)17;24-28(25,16-11-20-23-8-3-9-26-18(16)23)22-19(27)21-17-14-6-1-4-12(14)10-13-5-2-7-15(13)17;1-20(2,19)17-15(18)16-14-12-7-3-5-10(12)9-11-6-4-8-13(11)14/h10-11H,1-9,12-13H2,(H2,24,25,27);11-12H,1-10H2,(H2,22,23,25);10-11H,1-9H2,(H2,21,22,24);10-11H,1-9H2,(H2,21,22,27);9H,1,3-8H2,2H3,(H2,16,17,18,19). The number of amides is 8. The van der Waals surface area contributed by atoms with Crippen molar-refractivity contribution in [1.29, 1.82) is 0 Å². The average Bonchev–Trinajstić information content (AvgIpc) is 1.58. The van der Waals surface area contributed by atoms with Crippen LogP contribution < -0.4 is 64.4 Å². The topological polar surface area (TPSA) is 441 Å². The summed E-state index contributed by atoms with van der Waals surface area (Å²) in [5, 5.41) is 31.4. The van der Waals surface area contributed by atoms with Crippen LogP contribution in [0.5, 0.6) is 17.6 Å². The minimum absolute atomic E-state index is 0.0277. The molecule has 4 aromatic heterocycles. The molecule has 15 aliphatic rings. The number of benzene rings is 5. The molecule has 24 rings (SSSR count). The van der Waals surface area contributed by atoms with Gasteiger partial charge in [0.15, 0.2) is 19.8 Å². The minimum Gasteiger partial charge on any atom is -0.477 e. The van der Waals surface area contributed by atoms with Gasteiger partial charge in [-0.05, 0) is 354 Å². The van der Waals surface area contributed by atoms with Crippen LogP contribution in [0, 0.1) is 5.41 Å². The maximum Gasteiger partial charge on any atom is 0.333 e. The number of urea groups is 4. The molecule has 5 aromatic carbocycles. The zero-order valence-corrected chi connectivity index (χ0v) is 80.7. The molecule has 34 nitrogen and oxygen atoms in total. The average molecular weight is 1960 g/mol. The molecule has 716 valence electrons. The lowest BCUT2D eigenvalue weighted by atomic mass is 9.69. The lowest BCUT2D eigenvalue weighted by Gasteiger charge is -2.44. The molecule has 8 amide bonds. The number of aryl methyl sites for hydroxylation is 13. The highest BCUT2D eigenvalue weighted by Gasteiger charge is 2.45. The number of hydrogen-bond acceptors (Lipinski definition) is 21. The van der Waals surface area contributed by atoms with E-state index in [1.54, 1.807) is 14.0 Å². The molecule has 1 saturated carbocycles. The molecule has 1 fully saturated rings. The molecular weight excluding hydrogens is 1840 g/mol. The highest BCUT2D eigenvalue weighted by atomic mass is 32.2. The number of aromatic nitrogens is 8. The first-order chi connectivity index (χ1) is 65.0. The monoisotopic (exact) mass is 1950 g/mol. The molecule has 0 bridgehead atoms. The Morgan fingerprint density at radius 1 is 0.326 bits per heavy atom. The van der Waals surface area contributed by atoms with Gasteiger partial charge in [0, 0.05) is 82.3 Å². The van der Waals surface area contributed by atoms with Crippen LogP contribution in [0.4, 0.5) is 47.6 Å². The van der Waals surface area contributed by atoms with Crippen LogP contribution in [0.15, 0.2) is 74.7 Å². The SMILES string of the molecule is C=S(C)(=O)NC(=O)Nc1c2c(cc3c1CCC3)CCC2.O=C(Nc1c2c(cc3c1CCC3)CCC2)NS(=O)(=O)c1cnn2c1CCCC2.O=C(Nc1c2c(cc3c1CCC3)CCC2)NS(=O)(=O)c1cnn2c1OCC1(CCC1)C2.O=C(Nc1c2c(cc3c1CCC3)CCC2)NS(=O)(=O)c1cnn2c1OCCC2.O=S(=O)(NC(=S)Nc1c2c(cc3c1CCC3)CCC2)c1cnn2c1OCCC2. The smallest absolute Gasteiger partial charge is 0.333 e. The Morgan fingerprint density at radius 2 is 0.607 bits per heavy atom. The molecule has 0 saturated heterocycles. The van der Waals surface area contributed by atoms with Gasteiger partial charge in [-0.25, -0.2) is 85.3 Å². The van der Waals surface area contributed by atoms with Gasteiger partial charge in [0.1, 0.15) is 4.90 Å². The van der Waals surface area contributed by atoms with Gasteiger partial charge in [-0.2, -0.15) is 20.4 Å². The van der Waals surface area contributed by atoms with Crippen LogP contribution in [0.1, 0.15) is 226 Å². The molecule has 9 aromatic rings. The maximum atomic E-state index is 13.0. The van der Waals surface area contributed by atoms with Crippen LogP contribution in [0.2, 0.25) is 0 Å². The van der Waals surface area contributed by atoms with Gasteiger partial charge < -0.3 is 40.8 Å². The van der Waals surface area contributed by atoms with Crippen molar-refractivity contribution in [3.05, 3.63) is 172 Å². The quantitative estimate of drug-likeness (QED) is 0.0452. The maximum absolute atomic E-state index is 13.0. The zero-order valence-electron chi connectivity index (χ0n) is 75.8. The summed E-state index contributed by atoms with van der Waals surface area (Å²) < 4.78 is 149. The van der Waals surface area contributed by atoms with Gasteiger partial charge in [0.2, 0.25) is 17.6 Å². The number of ether oxygens (including phenoxy) is 3. The Labute approximate surface area is 791 Å². The number of nitrogens with one attached hydrogen (secondary N) is 10. The Kier molecular flexibility index (Phi) is 25.2. The molecule has 1 spiro atoms. The van der Waals surface area contributed by atoms with Gasteiger partial charge in [0.25, 0.3) is 40.1 Å². The van der Waals surface area contributed by atoms with Crippen LogP contribution in [0.3, 0.4) is 0 Å². The van der Waals surface area contributed by atoms with Gasteiger partial charge in [-0.1, -0.05) is 36.8 Å². The van der Waals surface area contributed by atoms with Crippen LogP contribution in [0.25, 0.3) is 0 Å². The van der Waals surface area contributed by atoms with E-state index in [0.717, 1.165) is 288 Å². The lowest BCUT2D eigenvalue weighted by molar-refractivity contribution is 0.0000874. The number of carbonyl (C=O) groups excluding carboxylic acids is 4. The number of carbonyl (C=O) groups is 4. The predicted octanol–water partition coefficient (Wildman–Crippen LogP) is 12.2. The predicted molar refractivity (Wildman–Crippen MR) is 514 cm³/mol. The number of thiocarbonyl (C=S) groups is 1. The Bertz CT molecular complexity index is 6420. The fourth-order valence-electron chi connectivity index (χ4n) is 22.9. The van der Waals surface area contributed by atoms with E-state index in [4.69, 9.17) is 26.4 Å². The first-order valence-corrected chi connectivity index (χ1v) is 56.1. The number of fused-ring (bicyclic) bond motifs is 14. The molecule has 0 radical (unpaired) electrons. The summed E-state index contributed by atoms with van der Waals surface area (Å²) in [6.45, 7) is 4.04. The molecule has 135 heavy (non-hydrogen) atoms. The second-order valence-electron chi connectivity index (χ2n) is 38.2. The van der Waals surface area contributed by atoms with Crippen LogP contribution in [-0.2, 0) is 211 Å². The highest BCUT2D eigenvalue weighted by Crippen LogP contribution is 2.49. The molecule has 11 aliphatic carbocycles. The van der Waals surface area contributed by atoms with E-state index < -0.39 is 73.9 Å². The first-order valence-electron chi connectivity index (χ1n) is 47.7. The summed E-state index contributed by atoms with van der Waals surface area (Å²) >= 11 is 5.39. The Balaban J connectivity index is 0.000000105. The Morgan fingerprint density at radius 3 is 0.933 bits per heavy atom. The summed E-state index contributed by atoms with van der Waals surface area (Å²) in [5.74, 6) is 4.14. The van der Waals surface area contributed by atoms with Gasteiger partial charge in [0.05, 0.1) is 56.8 Å². The van der Waals surface area contributed by atoms with Gasteiger partial charge in [-0.3, -0.25) is 14.1 Å². The van der Waals surface area contributed by atoms with Gasteiger partial charge in [-0.15, -0.1) is 0 Å². The summed E-state index contributed by atoms with van der Waals surface area (Å²) in [4.78, 5) is 50.0. The minimum atomic E-state index is -4.10. The van der Waals surface area contributed by atoms with E-state index in [1.165, 1.54) is 131 Å². The van der Waals surface area contributed by atoms with Crippen LogP contribution >= 0.6 is 12.2 Å².